The molecule has 0 fully saturated rings. The van der Waals surface area contributed by atoms with Gasteiger partial charge in [-0.15, -0.1) is 13.2 Å². The van der Waals surface area contributed by atoms with Crippen molar-refractivity contribution in [3.05, 3.63) is 109 Å². The zero-order valence-electron chi connectivity index (χ0n) is 25.0. The highest BCUT2D eigenvalue weighted by molar-refractivity contribution is 9.10. The lowest BCUT2D eigenvalue weighted by Gasteiger charge is -2.28. The van der Waals surface area contributed by atoms with E-state index in [2.05, 4.69) is 26.0 Å². The van der Waals surface area contributed by atoms with Crippen molar-refractivity contribution in [2.24, 2.45) is 0 Å². The third-order valence-electron chi connectivity index (χ3n) is 7.36. The molecule has 4 aromatic rings. The number of nitrogens with zero attached hydrogens (tertiary/aromatic N) is 3. The fourth-order valence-electron chi connectivity index (χ4n) is 5.17. The van der Waals surface area contributed by atoms with E-state index in [1.54, 1.807) is 6.07 Å². The predicted molar refractivity (Wildman–Crippen MR) is 164 cm³/mol. The van der Waals surface area contributed by atoms with E-state index < -0.39 is 54.3 Å². The molecule has 0 spiro atoms. The van der Waals surface area contributed by atoms with E-state index in [1.807, 2.05) is 0 Å². The van der Waals surface area contributed by atoms with Crippen LogP contribution in [0.5, 0.6) is 11.5 Å². The molecule has 0 aliphatic carbocycles. The number of amides is 2. The summed E-state index contributed by atoms with van der Waals surface area (Å²) in [6.45, 7) is -0.439. The molecule has 0 bridgehead atoms. The van der Waals surface area contributed by atoms with Gasteiger partial charge in [0.15, 0.2) is 6.61 Å². The molecule has 49 heavy (non-hydrogen) atoms. The standard InChI is InChI=1S/C31H23BrClF7N4O5/c1-16(21-8-7-20(13-24(21)34)49-31(38,39)40)41-27(45)26-25-14-42(28(46)17-2-9-22(32)23(33)12-17)10-11-43(25)29(47)44(26)18-3-5-19(6-4-18)48-15-30(35,36)37/h2-9,12-13,16H,10-11,14-15H2,1H3,(H,41,45)/t16-/m0/s1. The molecule has 2 amide bonds. The third-order valence-corrected chi connectivity index (χ3v) is 8.60. The summed E-state index contributed by atoms with van der Waals surface area (Å²) in [5.74, 6) is -3.50. The van der Waals surface area contributed by atoms with Gasteiger partial charge in [-0.25, -0.2) is 9.18 Å². The Labute approximate surface area is 285 Å². The second-order valence-corrected chi connectivity index (χ2v) is 12.0. The largest absolute Gasteiger partial charge is 0.573 e. The topological polar surface area (TPSA) is 94.8 Å². The first-order valence-corrected chi connectivity index (χ1v) is 15.3. The summed E-state index contributed by atoms with van der Waals surface area (Å²) in [5.41, 5.74) is -0.823. The number of imidazole rings is 1. The van der Waals surface area contributed by atoms with Crippen molar-refractivity contribution >= 4 is 39.3 Å². The van der Waals surface area contributed by atoms with Gasteiger partial charge in [-0.2, -0.15) is 13.2 Å². The molecule has 260 valence electrons. The molecule has 0 saturated heterocycles. The molecule has 18 heteroatoms. The van der Waals surface area contributed by atoms with Gasteiger partial charge in [-0.1, -0.05) is 17.7 Å². The summed E-state index contributed by atoms with van der Waals surface area (Å²) >= 11 is 9.43. The molecule has 9 nitrogen and oxygen atoms in total. The number of rotatable bonds is 8. The van der Waals surface area contributed by atoms with E-state index in [0.29, 0.717) is 10.5 Å². The summed E-state index contributed by atoms with van der Waals surface area (Å²) < 4.78 is 102. The molecule has 1 N–H and O–H groups in total. The first-order chi connectivity index (χ1) is 22.9. The van der Waals surface area contributed by atoms with Crippen LogP contribution in [0.4, 0.5) is 30.7 Å². The Morgan fingerprint density at radius 2 is 1.65 bits per heavy atom. The molecular formula is C31H23BrClF7N4O5. The van der Waals surface area contributed by atoms with E-state index >= 15 is 0 Å². The molecule has 1 aromatic heterocycles. The number of alkyl halides is 6. The maximum absolute atomic E-state index is 14.9. The Kier molecular flexibility index (Phi) is 10.1. The number of ether oxygens (including phenoxy) is 2. The van der Waals surface area contributed by atoms with E-state index in [0.717, 1.165) is 16.7 Å². The number of aromatic nitrogens is 2. The lowest BCUT2D eigenvalue weighted by Crippen LogP contribution is -2.41. The maximum Gasteiger partial charge on any atom is 0.573 e. The van der Waals surface area contributed by atoms with Crippen molar-refractivity contribution in [2.45, 2.75) is 38.6 Å². The number of halogens is 9. The SMILES string of the molecule is C[C@H](NC(=O)c1c2n(c(=O)n1-c1ccc(OCC(F)(F)F)cc1)CCN(C(=O)c1ccc(Br)c(Cl)c1)C2)c1ccc(OC(F)(F)F)cc1F. The van der Waals surface area contributed by atoms with Gasteiger partial charge in [0.2, 0.25) is 0 Å². The summed E-state index contributed by atoms with van der Waals surface area (Å²) in [6, 6.07) is 10.6. The molecule has 2 heterocycles. The van der Waals surface area contributed by atoms with Gasteiger partial charge in [0, 0.05) is 34.8 Å². The quantitative estimate of drug-likeness (QED) is 0.192. The zero-order valence-corrected chi connectivity index (χ0v) is 27.3. The molecule has 0 saturated carbocycles. The van der Waals surface area contributed by atoms with Gasteiger partial charge in [-0.3, -0.25) is 18.7 Å². The second kappa shape index (κ2) is 13.8. The summed E-state index contributed by atoms with van der Waals surface area (Å²) in [7, 11) is 0. The van der Waals surface area contributed by atoms with Crippen LogP contribution in [0.2, 0.25) is 5.02 Å². The van der Waals surface area contributed by atoms with E-state index in [4.69, 9.17) is 16.3 Å². The lowest BCUT2D eigenvalue weighted by molar-refractivity contribution is -0.274. The molecular weight excluding hydrogens is 757 g/mol. The summed E-state index contributed by atoms with van der Waals surface area (Å²) in [4.78, 5) is 42.5. The van der Waals surface area contributed by atoms with Gasteiger partial charge in [-0.05, 0) is 71.4 Å². The molecule has 3 aromatic carbocycles. The van der Waals surface area contributed by atoms with Crippen LogP contribution in [0.25, 0.3) is 5.69 Å². The fourth-order valence-corrected chi connectivity index (χ4v) is 5.60. The summed E-state index contributed by atoms with van der Waals surface area (Å²) in [5, 5.41) is 2.81. The Bertz CT molecular complexity index is 1960. The fraction of sp³-hybridized carbons (Fsp3) is 0.258. The number of benzene rings is 3. The minimum Gasteiger partial charge on any atom is -0.484 e. The van der Waals surface area contributed by atoms with Crippen molar-refractivity contribution in [2.75, 3.05) is 13.2 Å². The van der Waals surface area contributed by atoms with E-state index in [1.165, 1.54) is 52.8 Å². The van der Waals surface area contributed by atoms with Gasteiger partial charge >= 0.3 is 18.2 Å². The van der Waals surface area contributed by atoms with Crippen LogP contribution >= 0.6 is 27.5 Å². The Morgan fingerprint density at radius 1 is 0.980 bits per heavy atom. The van der Waals surface area contributed by atoms with Crippen LogP contribution < -0.4 is 20.5 Å². The number of nitrogens with one attached hydrogen (secondary N) is 1. The first-order valence-electron chi connectivity index (χ1n) is 14.2. The lowest BCUT2D eigenvalue weighted by atomic mass is 10.1. The van der Waals surface area contributed by atoms with Gasteiger partial charge in [0.05, 0.1) is 29.0 Å². The van der Waals surface area contributed by atoms with Crippen molar-refractivity contribution in [3.63, 3.8) is 0 Å². The zero-order chi connectivity index (χ0) is 35.8. The molecule has 0 radical (unpaired) electrons. The monoisotopic (exact) mass is 778 g/mol. The van der Waals surface area contributed by atoms with Crippen LogP contribution in [-0.2, 0) is 13.1 Å². The minimum atomic E-state index is -5.06. The highest BCUT2D eigenvalue weighted by Crippen LogP contribution is 2.29. The molecule has 5 rings (SSSR count). The average molecular weight is 780 g/mol. The smallest absolute Gasteiger partial charge is 0.484 e. The van der Waals surface area contributed by atoms with Crippen LogP contribution in [-0.4, -0.2) is 51.5 Å². The Balaban J connectivity index is 1.51. The first kappa shape index (κ1) is 35.8. The van der Waals surface area contributed by atoms with Gasteiger partial charge in [0.25, 0.3) is 11.8 Å². The Morgan fingerprint density at radius 3 is 2.27 bits per heavy atom. The van der Waals surface area contributed by atoms with Crippen LogP contribution in [0, 0.1) is 5.82 Å². The minimum absolute atomic E-state index is 0.0466. The number of hydrogen-bond donors (Lipinski definition) is 1. The van der Waals surface area contributed by atoms with Crippen molar-refractivity contribution in [1.29, 1.82) is 0 Å². The predicted octanol–water partition coefficient (Wildman–Crippen LogP) is 7.18. The van der Waals surface area contributed by atoms with Crippen LogP contribution in [0.15, 0.2) is 69.9 Å². The third kappa shape index (κ3) is 8.21. The van der Waals surface area contributed by atoms with Crippen molar-refractivity contribution < 1.29 is 49.8 Å². The highest BCUT2D eigenvalue weighted by Gasteiger charge is 2.34. The molecule has 0 unspecified atom stereocenters. The highest BCUT2D eigenvalue weighted by atomic mass is 79.9. The van der Waals surface area contributed by atoms with Crippen molar-refractivity contribution in [3.8, 4) is 17.2 Å². The maximum atomic E-state index is 14.9. The van der Waals surface area contributed by atoms with Crippen molar-refractivity contribution in [1.82, 2.24) is 19.4 Å². The van der Waals surface area contributed by atoms with Gasteiger partial charge in [0.1, 0.15) is 23.0 Å². The molecule has 1 aliphatic rings. The Hall–Kier alpha value is -4.51. The average Bonchev–Trinajstić information content (AvgIpc) is 3.31. The number of fused-ring (bicyclic) bond motifs is 1. The normalized spacial score (nSPS) is 13.9. The molecule has 1 atom stereocenters. The number of carbonyl (C=O) groups excluding carboxylic acids is 2. The summed E-state index contributed by atoms with van der Waals surface area (Å²) in [6.07, 6.45) is -9.66. The number of carbonyl (C=O) groups is 2. The molecule has 1 aliphatic heterocycles. The number of hydrogen-bond acceptors (Lipinski definition) is 5. The van der Waals surface area contributed by atoms with Crippen LogP contribution in [0.3, 0.4) is 0 Å². The van der Waals surface area contributed by atoms with E-state index in [-0.39, 0.29) is 58.6 Å². The second-order valence-electron chi connectivity index (χ2n) is 10.7. The van der Waals surface area contributed by atoms with Crippen LogP contribution in [0.1, 0.15) is 45.1 Å². The van der Waals surface area contributed by atoms with E-state index in [9.17, 15) is 45.1 Å². The van der Waals surface area contributed by atoms with Gasteiger partial charge < -0.3 is 19.7 Å².